The summed E-state index contributed by atoms with van der Waals surface area (Å²) < 4.78 is 65.4. The van der Waals surface area contributed by atoms with Crippen LogP contribution in [0.4, 0.5) is 0 Å². The third kappa shape index (κ3) is 8.60. The normalized spacial score (nSPS) is 34.2. The van der Waals surface area contributed by atoms with Gasteiger partial charge in [-0.15, -0.1) is 0 Å². The Morgan fingerprint density at radius 3 is 1.30 bits per heavy atom. The van der Waals surface area contributed by atoms with Crippen LogP contribution in [0.25, 0.3) is 0 Å². The summed E-state index contributed by atoms with van der Waals surface area (Å²) in [6, 6.07) is 1.92. The number of rotatable bonds is 0. The van der Waals surface area contributed by atoms with Crippen LogP contribution in [0.3, 0.4) is 0 Å². The van der Waals surface area contributed by atoms with E-state index in [1.807, 2.05) is 0 Å². The van der Waals surface area contributed by atoms with Gasteiger partial charge in [0.2, 0.25) is 0 Å². The second-order valence-corrected chi connectivity index (χ2v) is 9.25. The fourth-order valence-electron chi connectivity index (χ4n) is 5.25. The summed E-state index contributed by atoms with van der Waals surface area (Å²) >= 11 is 0. The molecule has 0 unspecified atom stereocenters. The van der Waals surface area contributed by atoms with Crippen molar-refractivity contribution < 1.29 is 57.8 Å². The molecule has 0 saturated carbocycles. The molecule has 160 valence electrons. The minimum absolute atomic E-state index is 0.961. The molecule has 4 aliphatic heterocycles. The smallest absolute Gasteiger partial charge is 0.0777 e. The molecule has 4 fully saturated rings. The van der Waals surface area contributed by atoms with Crippen LogP contribution in [0, 0.1) is 32.3 Å². The third-order valence-electron chi connectivity index (χ3n) is 5.96. The van der Waals surface area contributed by atoms with Gasteiger partial charge in [0.15, 0.2) is 0 Å². The number of halogens is 2. The van der Waals surface area contributed by atoms with E-state index in [0.717, 1.165) is 23.9 Å². The number of piperidine rings is 4. The summed E-state index contributed by atoms with van der Waals surface area (Å²) in [5, 5.41) is 0. The Kier molecular flexibility index (Phi) is 8.50. The molecule has 27 heavy (non-hydrogen) atoms. The molecule has 0 aromatic heterocycles. The number of nitrogens with zero attached hydrogens (tertiary/aromatic N) is 2. The molecule has 4 saturated heterocycles. The van der Waals surface area contributed by atoms with Crippen molar-refractivity contribution >= 4 is 0 Å². The van der Waals surface area contributed by atoms with Crippen LogP contribution >= 0.6 is 0 Å². The van der Waals surface area contributed by atoms with Gasteiger partial charge in [0, 0.05) is 25.2 Å². The lowest BCUT2D eigenvalue weighted by Gasteiger charge is -2.57. The summed E-state index contributed by atoms with van der Waals surface area (Å²) in [6.07, 6.45) is 10.5. The van der Waals surface area contributed by atoms with E-state index in [1.165, 1.54) is 64.7 Å². The highest BCUT2D eigenvalue weighted by Gasteiger charge is 2.46. The third-order valence-corrected chi connectivity index (χ3v) is 5.96. The van der Waals surface area contributed by atoms with Gasteiger partial charge in [-0.1, -0.05) is 12.8 Å². The van der Waals surface area contributed by atoms with Gasteiger partial charge in [-0.3, -0.25) is 9.80 Å². The second-order valence-electron chi connectivity index (χ2n) is 7.66. The molecule has 0 aromatic carbocycles. The molecule has 2 bridgehead atoms. The molecule has 0 spiro atoms. The molecular weight excluding hydrogens is 407 g/mol. The number of hydrogen-bond acceptors (Lipinski definition) is 10. The predicted octanol–water partition coefficient (Wildman–Crippen LogP) is -5.90. The summed E-state index contributed by atoms with van der Waals surface area (Å²) in [7, 11) is -9.39. The maximum Gasteiger partial charge on any atom is 0.0777 e. The molecule has 10 nitrogen and oxygen atoms in total. The van der Waals surface area contributed by atoms with E-state index in [0.29, 0.717) is 0 Å². The van der Waals surface area contributed by atoms with Crippen LogP contribution in [0.1, 0.15) is 44.9 Å². The maximum atomic E-state index is 8.60. The molecule has 4 aliphatic rings. The summed E-state index contributed by atoms with van der Waals surface area (Å²) in [6.45, 7) is 5.68. The largest absolute Gasteiger partial charge is 0.300 e. The van der Waals surface area contributed by atoms with Crippen LogP contribution in [-0.2, 0) is 0 Å². The molecule has 2 N–H and O–H groups in total. The Morgan fingerprint density at radius 2 is 0.963 bits per heavy atom. The highest BCUT2D eigenvalue weighted by atomic mass is 35.7. The van der Waals surface area contributed by atoms with E-state index in [2.05, 4.69) is 9.80 Å². The molecule has 12 heteroatoms. The monoisotopic (exact) mass is 434 g/mol. The summed E-state index contributed by atoms with van der Waals surface area (Å²) in [5.41, 5.74) is 0. The van der Waals surface area contributed by atoms with Crippen LogP contribution in [0.5, 0.6) is 0 Å². The number of hydrogen-bond donors (Lipinski definition) is 2. The average Bonchev–Trinajstić information content (AvgIpc) is 2.52. The van der Waals surface area contributed by atoms with E-state index >= 15 is 0 Å². The first-order valence-corrected chi connectivity index (χ1v) is 11.7. The Hall–Kier alpha value is 0.180. The Morgan fingerprint density at radius 1 is 0.630 bits per heavy atom. The maximum absolute atomic E-state index is 8.60. The molecule has 0 radical (unpaired) electrons. The summed E-state index contributed by atoms with van der Waals surface area (Å²) in [5.74, 6) is 2.03. The number of fused-ring (bicyclic) bond motifs is 6. The van der Waals surface area contributed by atoms with Crippen LogP contribution in [0.2, 0.25) is 0 Å². The minimum Gasteiger partial charge on any atom is -0.300 e. The van der Waals surface area contributed by atoms with Gasteiger partial charge in [-0.05, 0) is 57.0 Å². The molecular formula is C15H28Cl2N2O8. The first kappa shape index (κ1) is 23.5. The molecule has 0 amide bonds. The van der Waals surface area contributed by atoms with Gasteiger partial charge in [0.05, 0.1) is 29.8 Å². The van der Waals surface area contributed by atoms with Gasteiger partial charge in [-0.2, -0.15) is 28.0 Å². The van der Waals surface area contributed by atoms with Crippen LogP contribution in [0.15, 0.2) is 0 Å². The topological polar surface area (TPSA) is 185 Å². The predicted molar refractivity (Wildman–Crippen MR) is 74.5 cm³/mol. The molecule has 4 rings (SSSR count). The van der Waals surface area contributed by atoms with Crippen LogP contribution in [-0.4, -0.2) is 57.4 Å². The quantitative estimate of drug-likeness (QED) is 0.371. The highest BCUT2D eigenvalue weighted by Crippen LogP contribution is 2.42. The first-order valence-electron chi connectivity index (χ1n) is 9.16. The van der Waals surface area contributed by atoms with Crippen molar-refractivity contribution in [3.8, 4) is 0 Å². The van der Waals surface area contributed by atoms with Crippen molar-refractivity contribution in [2.24, 2.45) is 11.8 Å². The molecule has 0 aliphatic carbocycles. The van der Waals surface area contributed by atoms with Crippen molar-refractivity contribution in [3.05, 3.63) is 0 Å². The van der Waals surface area contributed by atoms with E-state index in [4.69, 9.17) is 37.3 Å². The van der Waals surface area contributed by atoms with Gasteiger partial charge in [-0.25, -0.2) is 0 Å². The summed E-state index contributed by atoms with van der Waals surface area (Å²) in [4.78, 5) is 5.74. The Balaban J connectivity index is 0.000000221. The fourth-order valence-corrected chi connectivity index (χ4v) is 5.25. The second kappa shape index (κ2) is 9.79. The van der Waals surface area contributed by atoms with Gasteiger partial charge < -0.3 is 0 Å². The van der Waals surface area contributed by atoms with Crippen LogP contribution < -0.4 is 28.0 Å². The van der Waals surface area contributed by atoms with Gasteiger partial charge >= 0.3 is 0 Å². The zero-order valence-corrected chi connectivity index (χ0v) is 16.6. The first-order chi connectivity index (χ1) is 12.4. The molecule has 4 atom stereocenters. The van der Waals surface area contributed by atoms with E-state index in [-0.39, 0.29) is 0 Å². The highest BCUT2D eigenvalue weighted by molar-refractivity contribution is 5.00. The van der Waals surface area contributed by atoms with Gasteiger partial charge in [0.1, 0.15) is 0 Å². The lowest BCUT2D eigenvalue weighted by Crippen LogP contribution is -2.63. The lowest BCUT2D eigenvalue weighted by molar-refractivity contribution is -1.92. The van der Waals surface area contributed by atoms with Crippen molar-refractivity contribution in [2.75, 3.05) is 26.2 Å². The Labute approximate surface area is 163 Å². The van der Waals surface area contributed by atoms with Crippen molar-refractivity contribution in [1.82, 2.24) is 9.80 Å². The van der Waals surface area contributed by atoms with E-state index < -0.39 is 20.5 Å². The molecule has 0 aromatic rings. The van der Waals surface area contributed by atoms with Crippen molar-refractivity contribution in [2.45, 2.75) is 57.0 Å². The van der Waals surface area contributed by atoms with E-state index in [1.54, 1.807) is 6.42 Å². The standard InChI is InChI=1S/C15H26N2.2ClHO4/c1-3-7-16-11-13-9-12(14(16)5-1)10-17-8-4-2-6-15(13)17;2*2-1(3,4)5/h12-15H,1-11H2;2*(H,2,3,4,5)/t12-,13-,14-,15-;;/m0../s1. The zero-order valence-electron chi connectivity index (χ0n) is 15.1. The van der Waals surface area contributed by atoms with Crippen molar-refractivity contribution in [3.63, 3.8) is 0 Å². The average molecular weight is 435 g/mol. The fraction of sp³-hybridized carbons (Fsp3) is 1.00. The van der Waals surface area contributed by atoms with E-state index in [9.17, 15) is 0 Å². The Bertz CT molecular complexity index is 410. The lowest BCUT2D eigenvalue weighted by atomic mass is 9.71. The minimum atomic E-state index is -4.69. The van der Waals surface area contributed by atoms with Gasteiger partial charge in [0.25, 0.3) is 0 Å². The molecule has 4 heterocycles. The zero-order chi connectivity index (χ0) is 20.2. The van der Waals surface area contributed by atoms with Crippen molar-refractivity contribution in [1.29, 1.82) is 0 Å². The SMILES string of the molecule is C1CCN2C[C@@H]3C[C@@H](CN4CCCC[C@@H]34)[C@@H]2C1.[O-][Cl+3]([O-])([O-])O.[O-][Cl+3]([O-])([O-])O.